The van der Waals surface area contributed by atoms with E-state index in [1.807, 2.05) is 0 Å². The van der Waals surface area contributed by atoms with Gasteiger partial charge in [-0.05, 0) is 38.5 Å². The van der Waals surface area contributed by atoms with Gasteiger partial charge in [0.15, 0.2) is 12.6 Å². The largest absolute Gasteiger partial charge is 0.458 e. The predicted octanol–water partition coefficient (Wildman–Crippen LogP) is 5.29. The monoisotopic (exact) mass is 847 g/mol. The van der Waals surface area contributed by atoms with Crippen molar-refractivity contribution in [2.75, 3.05) is 33.0 Å². The zero-order valence-corrected chi connectivity index (χ0v) is 36.2. The second kappa shape index (κ2) is 34.0. The van der Waals surface area contributed by atoms with Crippen LogP contribution in [-0.4, -0.2) is 142 Å². The van der Waals surface area contributed by atoms with Gasteiger partial charge < -0.3 is 64.2 Å². The lowest BCUT2D eigenvalue weighted by molar-refractivity contribution is -0.332. The maximum absolute atomic E-state index is 11.7. The smallest absolute Gasteiger partial charge is 0.303 e. The summed E-state index contributed by atoms with van der Waals surface area (Å²) in [5.41, 5.74) is 0. The Kier molecular flexibility index (Phi) is 30.9. The van der Waals surface area contributed by atoms with Crippen molar-refractivity contribution in [1.29, 1.82) is 0 Å². The summed E-state index contributed by atoms with van der Waals surface area (Å²) in [5.74, 6) is -0.551. The highest BCUT2D eigenvalue weighted by atomic mass is 16.7. The summed E-state index contributed by atoms with van der Waals surface area (Å²) in [5, 5.41) is 71.0. The zero-order chi connectivity index (χ0) is 43.1. The lowest BCUT2D eigenvalue weighted by Crippen LogP contribution is -2.61. The van der Waals surface area contributed by atoms with Crippen molar-refractivity contribution >= 4 is 5.97 Å². The third kappa shape index (κ3) is 23.5. The van der Waals surface area contributed by atoms with E-state index < -0.39 is 86.7 Å². The normalized spacial score (nSPS) is 28.2. The van der Waals surface area contributed by atoms with E-state index >= 15 is 0 Å². The number of esters is 1. The topological polar surface area (TPSA) is 214 Å². The molecule has 14 heteroatoms. The van der Waals surface area contributed by atoms with Gasteiger partial charge in [0, 0.05) is 13.5 Å². The van der Waals surface area contributed by atoms with E-state index in [2.05, 4.69) is 31.2 Å². The van der Waals surface area contributed by atoms with Gasteiger partial charge in [0.25, 0.3) is 0 Å². The van der Waals surface area contributed by atoms with Crippen LogP contribution >= 0.6 is 0 Å². The molecule has 2 aliphatic rings. The quantitative estimate of drug-likeness (QED) is 0.0246. The van der Waals surface area contributed by atoms with E-state index in [0.29, 0.717) is 6.61 Å². The second-order valence-corrected chi connectivity index (χ2v) is 16.3. The Morgan fingerprint density at radius 3 is 1.53 bits per heavy atom. The molecule has 0 aliphatic carbocycles. The van der Waals surface area contributed by atoms with Gasteiger partial charge in [0.2, 0.25) is 0 Å². The zero-order valence-electron chi connectivity index (χ0n) is 36.2. The third-order valence-electron chi connectivity index (χ3n) is 11.0. The minimum Gasteiger partial charge on any atom is -0.458 e. The van der Waals surface area contributed by atoms with E-state index in [4.69, 9.17) is 28.4 Å². The van der Waals surface area contributed by atoms with Crippen molar-refractivity contribution in [2.45, 2.75) is 223 Å². The Morgan fingerprint density at radius 1 is 0.559 bits per heavy atom. The number of rotatable bonds is 35. The highest BCUT2D eigenvalue weighted by Crippen LogP contribution is 2.26. The van der Waals surface area contributed by atoms with Crippen LogP contribution in [0.2, 0.25) is 0 Å². The first-order valence-electron chi connectivity index (χ1n) is 22.9. The number of aliphatic hydroxyl groups is 7. The van der Waals surface area contributed by atoms with Gasteiger partial charge >= 0.3 is 5.97 Å². The molecule has 2 aliphatic heterocycles. The molecule has 346 valence electrons. The summed E-state index contributed by atoms with van der Waals surface area (Å²) in [7, 11) is 0. The first kappa shape index (κ1) is 53.6. The molecule has 0 aromatic rings. The molecular formula is C45H82O14. The van der Waals surface area contributed by atoms with Crippen LogP contribution in [0.4, 0.5) is 0 Å². The number of carbonyl (C=O) groups excluding carboxylic acids is 1. The summed E-state index contributed by atoms with van der Waals surface area (Å²) >= 11 is 0. The fourth-order valence-electron chi connectivity index (χ4n) is 7.31. The molecule has 0 aromatic carbocycles. The predicted molar refractivity (Wildman–Crippen MR) is 224 cm³/mol. The van der Waals surface area contributed by atoms with E-state index in [-0.39, 0.29) is 13.2 Å². The van der Waals surface area contributed by atoms with E-state index in [1.54, 1.807) is 0 Å². The van der Waals surface area contributed by atoms with Gasteiger partial charge in [-0.25, -0.2) is 0 Å². The summed E-state index contributed by atoms with van der Waals surface area (Å²) < 4.78 is 33.1. The van der Waals surface area contributed by atoms with Gasteiger partial charge in [-0.2, -0.15) is 0 Å². The Morgan fingerprint density at radius 2 is 1.02 bits per heavy atom. The molecule has 11 atom stereocenters. The Labute approximate surface area is 354 Å². The Balaban J connectivity index is 1.47. The van der Waals surface area contributed by atoms with E-state index in [9.17, 15) is 40.5 Å². The molecule has 0 amide bonds. The van der Waals surface area contributed by atoms with Gasteiger partial charge in [-0.15, -0.1) is 0 Å². The van der Waals surface area contributed by atoms with Crippen molar-refractivity contribution in [3.05, 3.63) is 24.3 Å². The van der Waals surface area contributed by atoms with Crippen molar-refractivity contribution in [3.8, 4) is 0 Å². The lowest BCUT2D eigenvalue weighted by Gasteiger charge is -2.42. The van der Waals surface area contributed by atoms with Gasteiger partial charge in [0.1, 0.15) is 54.9 Å². The lowest BCUT2D eigenvalue weighted by atomic mass is 9.98. The Hall–Kier alpha value is -1.53. The van der Waals surface area contributed by atoms with Crippen LogP contribution in [0.3, 0.4) is 0 Å². The van der Waals surface area contributed by atoms with E-state index in [0.717, 1.165) is 25.7 Å². The van der Waals surface area contributed by atoms with Crippen LogP contribution in [-0.2, 0) is 33.2 Å². The number of aliphatic hydroxyl groups excluding tert-OH is 7. The van der Waals surface area contributed by atoms with Crippen LogP contribution in [0.5, 0.6) is 0 Å². The average molecular weight is 847 g/mol. The molecule has 59 heavy (non-hydrogen) atoms. The molecule has 11 unspecified atom stereocenters. The maximum Gasteiger partial charge on any atom is 0.303 e. The van der Waals surface area contributed by atoms with Crippen LogP contribution in [0.1, 0.15) is 155 Å². The number of hydrogen-bond donors (Lipinski definition) is 7. The molecule has 2 heterocycles. The van der Waals surface area contributed by atoms with Gasteiger partial charge in [-0.3, -0.25) is 4.79 Å². The molecule has 0 saturated carbocycles. The van der Waals surface area contributed by atoms with Crippen LogP contribution in [0.15, 0.2) is 24.3 Å². The fraction of sp³-hybridized carbons (Fsp3) is 0.889. The standard InChI is InChI=1S/C45H82O14/c1-3-4-5-6-7-8-9-10-11-12-13-14-15-16-17-18-19-20-21-22-23-24-25-26-27-28-29-54-31-35(57-34(2)47)32-55-44-43(53)41(51)39(49)37(59-44)33-56-45-42(52)40(50)38(48)36(30-46)58-45/h9-10,12-13,35-46,48-53H,3-8,11,14-33H2,1-2H3/b10-9-,13-12-. The molecule has 0 radical (unpaired) electrons. The minimum absolute atomic E-state index is 0.0476. The number of allylic oxidation sites excluding steroid dienone is 4. The summed E-state index contributed by atoms with van der Waals surface area (Å²) in [4.78, 5) is 11.7. The molecule has 7 N–H and O–H groups in total. The molecule has 0 bridgehead atoms. The van der Waals surface area contributed by atoms with Crippen molar-refractivity contribution in [1.82, 2.24) is 0 Å². The van der Waals surface area contributed by atoms with Crippen molar-refractivity contribution in [3.63, 3.8) is 0 Å². The van der Waals surface area contributed by atoms with Gasteiger partial charge in [-0.1, -0.05) is 134 Å². The summed E-state index contributed by atoms with van der Waals surface area (Å²) in [6.45, 7) is 2.67. The number of carbonyl (C=O) groups is 1. The summed E-state index contributed by atoms with van der Waals surface area (Å²) in [6, 6.07) is 0. The molecule has 0 spiro atoms. The highest BCUT2D eigenvalue weighted by Gasteiger charge is 2.47. The van der Waals surface area contributed by atoms with E-state index in [1.165, 1.54) is 122 Å². The maximum atomic E-state index is 11.7. The average Bonchev–Trinajstić information content (AvgIpc) is 3.22. The number of unbranched alkanes of at least 4 members (excludes halogenated alkanes) is 19. The molecule has 2 saturated heterocycles. The third-order valence-corrected chi connectivity index (χ3v) is 11.0. The number of hydrogen-bond acceptors (Lipinski definition) is 14. The Bertz CT molecular complexity index is 1080. The summed E-state index contributed by atoms with van der Waals surface area (Å²) in [6.07, 6.45) is 20.9. The fourth-order valence-corrected chi connectivity index (χ4v) is 7.31. The first-order chi connectivity index (χ1) is 28.6. The SMILES string of the molecule is CCCCCCC/C=C\C/C=C\CCCCCCCCCCCCCCCCOCC(COC1OC(COC2OC(CO)C(O)C(O)C2O)C(O)C(O)C1O)OC(C)=O. The minimum atomic E-state index is -1.70. The van der Waals surface area contributed by atoms with Crippen LogP contribution in [0.25, 0.3) is 0 Å². The molecular weight excluding hydrogens is 764 g/mol. The van der Waals surface area contributed by atoms with Crippen molar-refractivity contribution in [2.24, 2.45) is 0 Å². The van der Waals surface area contributed by atoms with Gasteiger partial charge in [0.05, 0.1) is 26.4 Å². The molecule has 0 aromatic heterocycles. The first-order valence-corrected chi connectivity index (χ1v) is 22.9. The molecule has 14 nitrogen and oxygen atoms in total. The highest BCUT2D eigenvalue weighted by molar-refractivity contribution is 5.66. The molecule has 2 rings (SSSR count). The second-order valence-electron chi connectivity index (χ2n) is 16.3. The van der Waals surface area contributed by atoms with Crippen LogP contribution in [0, 0.1) is 0 Å². The number of ether oxygens (including phenoxy) is 6. The van der Waals surface area contributed by atoms with Crippen LogP contribution < -0.4 is 0 Å². The van der Waals surface area contributed by atoms with Crippen molar-refractivity contribution < 1.29 is 69.0 Å². The molecule has 2 fully saturated rings.